The lowest BCUT2D eigenvalue weighted by Gasteiger charge is -2.24. The van der Waals surface area contributed by atoms with E-state index in [1.165, 1.54) is 5.57 Å². The number of ether oxygens (including phenoxy) is 1. The Morgan fingerprint density at radius 3 is 2.81 bits per heavy atom. The Hall–Kier alpha value is -2.36. The quantitative estimate of drug-likeness (QED) is 0.390. The zero-order chi connectivity index (χ0) is 19.6. The molecule has 146 valence electrons. The van der Waals surface area contributed by atoms with E-state index in [9.17, 15) is 4.79 Å². The SMILES string of the molecule is CC(C)=CCCC1=CC(C)C(/C=N/NC(=O)COc2ccccc2C)CC1. The van der Waals surface area contributed by atoms with E-state index in [4.69, 9.17) is 4.74 Å². The Labute approximate surface area is 163 Å². The van der Waals surface area contributed by atoms with Gasteiger partial charge in [0, 0.05) is 12.1 Å². The summed E-state index contributed by atoms with van der Waals surface area (Å²) in [6.07, 6.45) is 11.0. The van der Waals surface area contributed by atoms with Crippen LogP contribution in [0.2, 0.25) is 0 Å². The van der Waals surface area contributed by atoms with Crippen LogP contribution >= 0.6 is 0 Å². The van der Waals surface area contributed by atoms with Crippen LogP contribution in [0.4, 0.5) is 0 Å². The first-order valence-electron chi connectivity index (χ1n) is 9.79. The Morgan fingerprint density at radius 2 is 2.11 bits per heavy atom. The van der Waals surface area contributed by atoms with E-state index in [0.29, 0.717) is 11.8 Å². The first-order chi connectivity index (χ1) is 13.0. The summed E-state index contributed by atoms with van der Waals surface area (Å²) in [6.45, 7) is 8.43. The van der Waals surface area contributed by atoms with Gasteiger partial charge < -0.3 is 4.74 Å². The number of hydrazone groups is 1. The largest absolute Gasteiger partial charge is 0.483 e. The lowest BCUT2D eigenvalue weighted by Crippen LogP contribution is -2.26. The molecule has 1 amide bonds. The maximum Gasteiger partial charge on any atom is 0.277 e. The monoisotopic (exact) mass is 368 g/mol. The molecule has 1 N–H and O–H groups in total. The number of carbonyl (C=O) groups excluding carboxylic acids is 1. The minimum Gasteiger partial charge on any atom is -0.483 e. The van der Waals surface area contributed by atoms with E-state index in [2.05, 4.69) is 43.5 Å². The second-order valence-electron chi connectivity index (χ2n) is 7.57. The Morgan fingerprint density at radius 1 is 1.33 bits per heavy atom. The van der Waals surface area contributed by atoms with Crippen molar-refractivity contribution in [2.45, 2.75) is 53.4 Å². The fraction of sp³-hybridized carbons (Fsp3) is 0.478. The van der Waals surface area contributed by atoms with Gasteiger partial charge in [-0.3, -0.25) is 4.79 Å². The molecule has 1 aromatic rings. The van der Waals surface area contributed by atoms with E-state index >= 15 is 0 Å². The summed E-state index contributed by atoms with van der Waals surface area (Å²) in [5.41, 5.74) is 6.51. The molecule has 4 nitrogen and oxygen atoms in total. The number of hydrogen-bond acceptors (Lipinski definition) is 3. The molecular formula is C23H32N2O2. The molecule has 1 aromatic carbocycles. The van der Waals surface area contributed by atoms with E-state index in [0.717, 1.165) is 37.0 Å². The molecule has 0 bridgehead atoms. The summed E-state index contributed by atoms with van der Waals surface area (Å²) in [6, 6.07) is 7.65. The number of hydrogen-bond donors (Lipinski definition) is 1. The lowest BCUT2D eigenvalue weighted by atomic mass is 9.81. The predicted molar refractivity (Wildman–Crippen MR) is 112 cm³/mol. The molecular weight excluding hydrogens is 336 g/mol. The molecule has 4 heteroatoms. The van der Waals surface area contributed by atoms with Gasteiger partial charge in [-0.05, 0) is 64.0 Å². The third-order valence-corrected chi connectivity index (χ3v) is 4.90. The van der Waals surface area contributed by atoms with Gasteiger partial charge in [-0.1, -0.05) is 48.4 Å². The number of amides is 1. The maximum atomic E-state index is 11.9. The number of aryl methyl sites for hydroxylation is 1. The second-order valence-corrected chi connectivity index (χ2v) is 7.57. The van der Waals surface area contributed by atoms with Gasteiger partial charge in [0.1, 0.15) is 5.75 Å². The molecule has 0 saturated carbocycles. The number of nitrogens with one attached hydrogen (secondary N) is 1. The van der Waals surface area contributed by atoms with Crippen LogP contribution in [0.15, 0.2) is 52.7 Å². The van der Waals surface area contributed by atoms with Crippen LogP contribution in [0.3, 0.4) is 0 Å². The van der Waals surface area contributed by atoms with Gasteiger partial charge in [0.05, 0.1) is 0 Å². The summed E-state index contributed by atoms with van der Waals surface area (Å²) in [5.74, 6) is 1.30. The molecule has 0 spiro atoms. The summed E-state index contributed by atoms with van der Waals surface area (Å²) < 4.78 is 5.53. The van der Waals surface area contributed by atoms with Crippen LogP contribution in [0.25, 0.3) is 0 Å². The van der Waals surface area contributed by atoms with Crippen molar-refractivity contribution in [3.63, 3.8) is 0 Å². The van der Waals surface area contributed by atoms with Crippen molar-refractivity contribution in [1.82, 2.24) is 5.43 Å². The highest BCUT2D eigenvalue weighted by molar-refractivity contribution is 5.78. The fourth-order valence-electron chi connectivity index (χ4n) is 3.26. The molecule has 0 aliphatic heterocycles. The zero-order valence-corrected chi connectivity index (χ0v) is 17.0. The molecule has 1 aliphatic rings. The van der Waals surface area contributed by atoms with Gasteiger partial charge in [0.15, 0.2) is 6.61 Å². The Kier molecular flexibility index (Phi) is 8.31. The van der Waals surface area contributed by atoms with Crippen molar-refractivity contribution >= 4 is 12.1 Å². The first-order valence-corrected chi connectivity index (χ1v) is 9.79. The van der Waals surface area contributed by atoms with Crippen molar-refractivity contribution in [2.24, 2.45) is 16.9 Å². The second kappa shape index (κ2) is 10.7. The van der Waals surface area contributed by atoms with Gasteiger partial charge in [-0.25, -0.2) is 5.43 Å². The van der Waals surface area contributed by atoms with Crippen molar-refractivity contribution in [3.05, 3.63) is 53.1 Å². The van der Waals surface area contributed by atoms with Gasteiger partial charge in [-0.2, -0.15) is 5.10 Å². The van der Waals surface area contributed by atoms with Gasteiger partial charge in [0.2, 0.25) is 0 Å². The zero-order valence-electron chi connectivity index (χ0n) is 17.0. The smallest absolute Gasteiger partial charge is 0.277 e. The number of nitrogens with zero attached hydrogens (tertiary/aromatic N) is 1. The van der Waals surface area contributed by atoms with Crippen LogP contribution in [0, 0.1) is 18.8 Å². The van der Waals surface area contributed by atoms with Crippen LogP contribution in [0.5, 0.6) is 5.75 Å². The Balaban J connectivity index is 1.74. The van der Waals surface area contributed by atoms with Crippen molar-refractivity contribution < 1.29 is 9.53 Å². The highest BCUT2D eigenvalue weighted by Crippen LogP contribution is 2.29. The third-order valence-electron chi connectivity index (χ3n) is 4.90. The van der Waals surface area contributed by atoms with Crippen LogP contribution < -0.4 is 10.2 Å². The molecule has 2 atom stereocenters. The highest BCUT2D eigenvalue weighted by atomic mass is 16.5. The molecule has 2 rings (SSSR count). The van der Waals surface area contributed by atoms with E-state index in [-0.39, 0.29) is 12.5 Å². The number of benzene rings is 1. The summed E-state index contributed by atoms with van der Waals surface area (Å²) in [4.78, 5) is 11.9. The van der Waals surface area contributed by atoms with Crippen LogP contribution in [0.1, 0.15) is 52.0 Å². The number of allylic oxidation sites excluding steroid dienone is 4. The van der Waals surface area contributed by atoms with E-state index < -0.39 is 0 Å². The van der Waals surface area contributed by atoms with Crippen molar-refractivity contribution in [2.75, 3.05) is 6.61 Å². The molecule has 1 aliphatic carbocycles. The minimum atomic E-state index is -0.240. The molecule has 0 heterocycles. The minimum absolute atomic E-state index is 0.0309. The third kappa shape index (κ3) is 7.41. The summed E-state index contributed by atoms with van der Waals surface area (Å²) in [7, 11) is 0. The first kappa shape index (κ1) is 20.9. The molecule has 0 fully saturated rings. The number of carbonyl (C=O) groups is 1. The Bertz CT molecular complexity index is 715. The maximum absolute atomic E-state index is 11.9. The lowest BCUT2D eigenvalue weighted by molar-refractivity contribution is -0.123. The van der Waals surface area contributed by atoms with Gasteiger partial charge in [0.25, 0.3) is 5.91 Å². The molecule has 0 aromatic heterocycles. The number of para-hydroxylation sites is 1. The van der Waals surface area contributed by atoms with Crippen LogP contribution in [-0.2, 0) is 4.79 Å². The molecule has 2 unspecified atom stereocenters. The van der Waals surface area contributed by atoms with Crippen LogP contribution in [-0.4, -0.2) is 18.7 Å². The average Bonchev–Trinajstić information content (AvgIpc) is 2.62. The van der Waals surface area contributed by atoms with Crippen molar-refractivity contribution in [1.29, 1.82) is 0 Å². The molecule has 0 saturated heterocycles. The summed E-state index contributed by atoms with van der Waals surface area (Å²) >= 11 is 0. The number of rotatable bonds is 8. The predicted octanol–water partition coefficient (Wildman–Crippen LogP) is 5.19. The fourth-order valence-corrected chi connectivity index (χ4v) is 3.26. The molecule has 27 heavy (non-hydrogen) atoms. The highest BCUT2D eigenvalue weighted by Gasteiger charge is 2.19. The molecule has 0 radical (unpaired) electrons. The topological polar surface area (TPSA) is 50.7 Å². The standard InChI is InChI=1S/C23H32N2O2/c1-17(2)8-7-10-20-12-13-21(19(4)14-20)15-24-25-23(26)16-27-22-11-6-5-9-18(22)3/h5-6,8-9,11,14-15,19,21H,7,10,12-13,16H2,1-4H3,(H,25,26)/b24-15+. The summed E-state index contributed by atoms with van der Waals surface area (Å²) in [5, 5.41) is 4.15. The average molecular weight is 369 g/mol. The normalized spacial score (nSPS) is 19.5. The van der Waals surface area contributed by atoms with Gasteiger partial charge in [-0.15, -0.1) is 0 Å². The van der Waals surface area contributed by atoms with Crippen molar-refractivity contribution in [3.8, 4) is 5.75 Å². The van der Waals surface area contributed by atoms with E-state index in [1.54, 1.807) is 5.57 Å². The van der Waals surface area contributed by atoms with E-state index in [1.807, 2.05) is 37.4 Å². The van der Waals surface area contributed by atoms with Gasteiger partial charge >= 0.3 is 0 Å².